The number of hydrogen-bond donors (Lipinski definition) is 0. The summed E-state index contributed by atoms with van der Waals surface area (Å²) in [5.74, 6) is -1.64. The number of hydrogen-bond acceptors (Lipinski definition) is 16. The van der Waals surface area contributed by atoms with Crippen LogP contribution in [0.4, 0.5) is 0 Å². The number of quaternary nitrogens is 2. The van der Waals surface area contributed by atoms with Crippen molar-refractivity contribution in [3.05, 3.63) is 0 Å². The summed E-state index contributed by atoms with van der Waals surface area (Å²) in [5.41, 5.74) is 0. The van der Waals surface area contributed by atoms with Gasteiger partial charge in [-0.3, -0.25) is 28.3 Å². The topological polar surface area (TPSA) is 222 Å². The number of likely N-dealkylation sites (N-methyl/N-ethyl adjacent to an activating group) is 2. The monoisotopic (exact) mass is 1580 g/mol. The van der Waals surface area contributed by atoms with E-state index in [0.717, 1.165) is 64.2 Å². The highest BCUT2D eigenvalue weighted by molar-refractivity contribution is 7.46. The fraction of sp³-hybridized carbons (Fsp3) is 0.955. The Hall–Kier alpha value is -1.98. The van der Waals surface area contributed by atoms with Crippen molar-refractivity contribution >= 4 is 39.5 Å². The van der Waals surface area contributed by atoms with E-state index in [-0.39, 0.29) is 64.0 Å². The van der Waals surface area contributed by atoms with Gasteiger partial charge in [0.1, 0.15) is 39.5 Å². The second-order valence-corrected chi connectivity index (χ2v) is 36.4. The molecule has 4 atom stereocenters. The van der Waals surface area contributed by atoms with Crippen molar-refractivity contribution in [2.45, 2.75) is 451 Å². The molecule has 18 nitrogen and oxygen atoms in total. The van der Waals surface area contributed by atoms with E-state index in [4.69, 9.17) is 37.0 Å². The molecule has 0 aromatic carbocycles. The molecule has 20 heteroatoms. The number of carbonyl (C=O) groups excluding carboxylic acids is 4. The predicted octanol–water partition coefficient (Wildman–Crippen LogP) is 24.3. The molecule has 0 aliphatic carbocycles. The summed E-state index contributed by atoms with van der Waals surface area (Å²) in [6.07, 6.45) is 73.8. The lowest BCUT2D eigenvalue weighted by atomic mass is 10.0. The van der Waals surface area contributed by atoms with Crippen LogP contribution in [0.25, 0.3) is 0 Å². The average Bonchev–Trinajstić information content (AvgIpc) is 0.907. The SMILES string of the molecule is CCCCCCCCCCCCCCCCCC(=O)OCC(COP(=O)([O-])OCC[N+](C)(C)C)OC(=O)CCCCCCCCCCCCCCCCC.CCCCCCCCCCCCCCCCCC(=O)OC[C@H](COP(=O)([O-])OCC[N+](C)(C)C)OC(=O)CCCCCCCCCCCCCCCCC. The summed E-state index contributed by atoms with van der Waals surface area (Å²) in [4.78, 5) is 75.0. The third kappa shape index (κ3) is 88.0. The average molecular weight is 1580 g/mol. The second-order valence-electron chi connectivity index (χ2n) is 33.6. The number of carbonyl (C=O) groups is 4. The Morgan fingerprint density at radius 2 is 0.417 bits per heavy atom. The van der Waals surface area contributed by atoms with E-state index < -0.39 is 53.0 Å². The Balaban J connectivity index is 0. The van der Waals surface area contributed by atoms with Crippen LogP contribution >= 0.6 is 15.6 Å². The maximum Gasteiger partial charge on any atom is 0.306 e. The van der Waals surface area contributed by atoms with Crippen LogP contribution in [0, 0.1) is 0 Å². The Kier molecular flexibility index (Phi) is 78.9. The van der Waals surface area contributed by atoms with Crippen molar-refractivity contribution in [3.8, 4) is 0 Å². The minimum absolute atomic E-state index is 0.0256. The largest absolute Gasteiger partial charge is 0.756 e. The smallest absolute Gasteiger partial charge is 0.306 e. The van der Waals surface area contributed by atoms with Crippen LogP contribution in [-0.2, 0) is 65.4 Å². The van der Waals surface area contributed by atoms with Gasteiger partial charge in [-0.15, -0.1) is 0 Å². The first-order valence-corrected chi connectivity index (χ1v) is 48.4. The van der Waals surface area contributed by atoms with E-state index in [2.05, 4.69) is 27.7 Å². The molecule has 0 N–H and O–H groups in total. The molecule has 644 valence electrons. The Labute approximate surface area is 666 Å². The van der Waals surface area contributed by atoms with E-state index in [9.17, 15) is 38.1 Å². The number of esters is 4. The third-order valence-electron chi connectivity index (χ3n) is 20.3. The van der Waals surface area contributed by atoms with Gasteiger partial charge in [0.2, 0.25) is 0 Å². The summed E-state index contributed by atoms with van der Waals surface area (Å²) < 4.78 is 67.9. The molecule has 0 radical (unpaired) electrons. The molecule has 0 rings (SSSR count). The van der Waals surface area contributed by atoms with Crippen LogP contribution in [0.1, 0.15) is 439 Å². The molecule has 0 heterocycles. The lowest BCUT2D eigenvalue weighted by Gasteiger charge is -2.28. The fourth-order valence-corrected chi connectivity index (χ4v) is 14.5. The first-order valence-electron chi connectivity index (χ1n) is 45.5. The van der Waals surface area contributed by atoms with Gasteiger partial charge in [-0.25, -0.2) is 0 Å². The van der Waals surface area contributed by atoms with Crippen molar-refractivity contribution in [3.63, 3.8) is 0 Å². The summed E-state index contributed by atoms with van der Waals surface area (Å²) in [6.45, 7) is 8.53. The molecule has 0 saturated carbocycles. The molecule has 0 bridgehead atoms. The second kappa shape index (κ2) is 78.9. The van der Waals surface area contributed by atoms with Gasteiger partial charge in [0.05, 0.1) is 55.5 Å². The number of phosphoric ester groups is 2. The maximum atomic E-state index is 12.7. The Bertz CT molecular complexity index is 1930. The lowest BCUT2D eigenvalue weighted by Crippen LogP contribution is -2.37. The Morgan fingerprint density at radius 1 is 0.250 bits per heavy atom. The zero-order valence-corrected chi connectivity index (χ0v) is 74.2. The molecular formula is C88H176N2O16P2. The number of phosphoric acid groups is 2. The van der Waals surface area contributed by atoms with Crippen LogP contribution < -0.4 is 9.79 Å². The molecule has 0 amide bonds. The van der Waals surface area contributed by atoms with E-state index in [1.54, 1.807) is 0 Å². The van der Waals surface area contributed by atoms with Gasteiger partial charge in [0.15, 0.2) is 12.2 Å². The molecule has 0 saturated heterocycles. The lowest BCUT2D eigenvalue weighted by molar-refractivity contribution is -0.870. The molecule has 0 aliphatic heterocycles. The number of nitrogens with zero attached hydrogens (tertiary/aromatic N) is 2. The van der Waals surface area contributed by atoms with Gasteiger partial charge in [0.25, 0.3) is 15.6 Å². The van der Waals surface area contributed by atoms with Crippen LogP contribution in [0.3, 0.4) is 0 Å². The minimum atomic E-state index is -4.62. The van der Waals surface area contributed by atoms with Gasteiger partial charge in [0, 0.05) is 25.7 Å². The Morgan fingerprint density at radius 3 is 0.593 bits per heavy atom. The summed E-state index contributed by atoms with van der Waals surface area (Å²) in [5, 5.41) is 0. The van der Waals surface area contributed by atoms with Crippen LogP contribution in [0.15, 0.2) is 0 Å². The highest BCUT2D eigenvalue weighted by atomic mass is 31.2. The normalized spacial score (nSPS) is 13.5. The van der Waals surface area contributed by atoms with Gasteiger partial charge < -0.3 is 55.8 Å². The van der Waals surface area contributed by atoms with E-state index in [0.29, 0.717) is 34.9 Å². The fourth-order valence-electron chi connectivity index (χ4n) is 13.1. The van der Waals surface area contributed by atoms with Gasteiger partial charge in [-0.1, -0.05) is 387 Å². The first kappa shape index (κ1) is 108. The van der Waals surface area contributed by atoms with Crippen molar-refractivity contribution in [1.82, 2.24) is 0 Å². The highest BCUT2D eigenvalue weighted by Crippen LogP contribution is 2.39. The number of ether oxygens (including phenoxy) is 4. The molecule has 108 heavy (non-hydrogen) atoms. The van der Waals surface area contributed by atoms with Crippen LogP contribution in [0.5, 0.6) is 0 Å². The molecule has 0 aromatic rings. The molecule has 0 fully saturated rings. The molecule has 0 aromatic heterocycles. The van der Waals surface area contributed by atoms with Gasteiger partial charge in [-0.05, 0) is 25.7 Å². The van der Waals surface area contributed by atoms with Gasteiger partial charge >= 0.3 is 23.9 Å². The predicted molar refractivity (Wildman–Crippen MR) is 445 cm³/mol. The van der Waals surface area contributed by atoms with E-state index in [1.807, 2.05) is 42.3 Å². The summed E-state index contributed by atoms with van der Waals surface area (Å²) in [6, 6.07) is 0. The van der Waals surface area contributed by atoms with E-state index >= 15 is 0 Å². The molecule has 3 unspecified atom stereocenters. The first-order chi connectivity index (χ1) is 52.0. The van der Waals surface area contributed by atoms with Crippen molar-refractivity contribution in [1.29, 1.82) is 0 Å². The van der Waals surface area contributed by atoms with E-state index in [1.165, 1.54) is 308 Å². The molecule has 0 spiro atoms. The third-order valence-corrected chi connectivity index (χ3v) is 22.2. The molecular weight excluding hydrogens is 1400 g/mol. The highest BCUT2D eigenvalue weighted by Gasteiger charge is 2.24. The molecule has 0 aliphatic rings. The van der Waals surface area contributed by atoms with Crippen LogP contribution in [0.2, 0.25) is 0 Å². The minimum Gasteiger partial charge on any atom is -0.756 e. The quantitative estimate of drug-likeness (QED) is 0.0181. The number of rotatable bonds is 84. The zero-order chi connectivity index (χ0) is 80.0. The maximum absolute atomic E-state index is 12.7. The van der Waals surface area contributed by atoms with Gasteiger partial charge in [-0.2, -0.15) is 0 Å². The van der Waals surface area contributed by atoms with Crippen molar-refractivity contribution in [2.75, 3.05) is 95.0 Å². The zero-order valence-electron chi connectivity index (χ0n) is 72.4. The van der Waals surface area contributed by atoms with Crippen molar-refractivity contribution in [2.24, 2.45) is 0 Å². The standard InChI is InChI=1S/2C44H88NO8P/c2*1-6-8-10-12-14-16-18-20-22-24-26-28-30-32-34-36-43(46)50-40-42(41-52-54(48,49)51-39-38-45(3,4)5)53-44(47)37-35-33-31-29-27-25-23-21-19-17-15-13-11-9-7-2/h2*42H,6-41H2,1-5H3/t42-;/m1./s1. The summed E-state index contributed by atoms with van der Waals surface area (Å²) >= 11 is 0. The van der Waals surface area contributed by atoms with Crippen molar-refractivity contribution < 1.29 is 84.1 Å². The summed E-state index contributed by atoms with van der Waals surface area (Å²) in [7, 11) is 2.36. The van der Waals surface area contributed by atoms with Crippen LogP contribution in [-0.4, -0.2) is 140 Å². The number of unbranched alkanes of at least 4 members (excludes halogenated alkanes) is 56.